The maximum atomic E-state index is 4.99. The highest BCUT2D eigenvalue weighted by Gasteiger charge is 2.40. The average molecular weight is 854 g/mol. The molecule has 2 aromatic heterocycles. The van der Waals surface area contributed by atoms with Gasteiger partial charge in [0, 0.05) is 56.3 Å². The van der Waals surface area contributed by atoms with Crippen molar-refractivity contribution in [2.24, 2.45) is 0 Å². The molecule has 0 saturated carbocycles. The van der Waals surface area contributed by atoms with Crippen molar-refractivity contribution in [3.05, 3.63) is 223 Å². The van der Waals surface area contributed by atoms with Gasteiger partial charge < -0.3 is 14.7 Å². The molecule has 0 bridgehead atoms. The summed E-state index contributed by atoms with van der Waals surface area (Å²) in [5.74, 6) is 0.919. The summed E-state index contributed by atoms with van der Waals surface area (Å²) in [5.41, 5.74) is 19.1. The molecule has 0 spiro atoms. The Hall–Kier alpha value is -7.89. The number of anilines is 7. The molecule has 0 N–H and O–H groups in total. The maximum absolute atomic E-state index is 4.99. The van der Waals surface area contributed by atoms with E-state index in [1.165, 1.54) is 66.8 Å². The Morgan fingerprint density at radius 2 is 1.18 bits per heavy atom. The summed E-state index contributed by atoms with van der Waals surface area (Å²) < 4.78 is 2.34. The van der Waals surface area contributed by atoms with Gasteiger partial charge in [-0.3, -0.25) is 4.57 Å². The quantitative estimate of drug-likeness (QED) is 0.160. The van der Waals surface area contributed by atoms with E-state index in [9.17, 15) is 0 Å². The third kappa shape index (κ3) is 6.25. The Kier molecular flexibility index (Phi) is 9.08. The second-order valence-corrected chi connectivity index (χ2v) is 19.3. The summed E-state index contributed by atoms with van der Waals surface area (Å²) in [5, 5.41) is 2.40. The Morgan fingerprint density at radius 1 is 0.515 bits per heavy atom. The highest BCUT2D eigenvalue weighted by Crippen LogP contribution is 2.58. The molecule has 0 atom stereocenters. The van der Waals surface area contributed by atoms with Crippen molar-refractivity contribution < 1.29 is 0 Å². The second kappa shape index (κ2) is 15.1. The van der Waals surface area contributed by atoms with Crippen LogP contribution in [0.2, 0.25) is 0 Å². The van der Waals surface area contributed by atoms with Gasteiger partial charge in [0.2, 0.25) is 0 Å². The topological polar surface area (TPSA) is 27.5 Å². The van der Waals surface area contributed by atoms with Crippen molar-refractivity contribution >= 4 is 61.6 Å². The number of hydrogen-bond donors (Lipinski definition) is 0. The van der Waals surface area contributed by atoms with Crippen LogP contribution in [0.1, 0.15) is 51.3 Å². The van der Waals surface area contributed by atoms with Crippen LogP contribution < -0.4 is 14.7 Å². The van der Waals surface area contributed by atoms with E-state index in [1.807, 2.05) is 6.20 Å². The van der Waals surface area contributed by atoms with Crippen molar-refractivity contribution in [2.75, 3.05) is 21.4 Å². The summed E-state index contributed by atoms with van der Waals surface area (Å²) in [6.07, 6.45) is 1.95. The molecule has 0 fully saturated rings. The third-order valence-electron chi connectivity index (χ3n) is 14.0. The molecule has 5 nitrogen and oxygen atoms in total. The molecule has 8 aromatic carbocycles. The lowest BCUT2D eigenvalue weighted by molar-refractivity contribution is 0.588. The zero-order valence-electron chi connectivity index (χ0n) is 38.1. The van der Waals surface area contributed by atoms with Gasteiger partial charge in [-0.25, -0.2) is 4.98 Å². The molecule has 66 heavy (non-hydrogen) atoms. The lowest BCUT2D eigenvalue weighted by Gasteiger charge is -2.29. The molecule has 0 amide bonds. The van der Waals surface area contributed by atoms with Gasteiger partial charge >= 0.3 is 0 Å². The van der Waals surface area contributed by atoms with Crippen molar-refractivity contribution in [2.45, 2.75) is 45.4 Å². The van der Waals surface area contributed by atoms with Crippen LogP contribution in [0, 0.1) is 0 Å². The highest BCUT2D eigenvalue weighted by atomic mass is 15.4. The zero-order valence-corrected chi connectivity index (χ0v) is 38.1. The monoisotopic (exact) mass is 853 g/mol. The van der Waals surface area contributed by atoms with E-state index in [2.05, 4.69) is 254 Å². The number of para-hydroxylation sites is 4. The largest absolute Gasteiger partial charge is 0.321 e. The lowest BCUT2D eigenvalue weighted by Crippen LogP contribution is -2.25. The molecule has 5 heteroatoms. The minimum atomic E-state index is -0.131. The average Bonchev–Trinajstić information content (AvgIpc) is 3.97. The van der Waals surface area contributed by atoms with Gasteiger partial charge in [-0.15, -0.1) is 0 Å². The minimum absolute atomic E-state index is 0.0166. The molecule has 0 unspecified atom stereocenters. The van der Waals surface area contributed by atoms with E-state index < -0.39 is 0 Å². The predicted molar refractivity (Wildman–Crippen MR) is 277 cm³/mol. The van der Waals surface area contributed by atoms with Crippen molar-refractivity contribution in [1.29, 1.82) is 0 Å². The molecule has 10 aromatic rings. The van der Waals surface area contributed by atoms with Crippen LogP contribution in [0.4, 0.5) is 39.8 Å². The first kappa shape index (κ1) is 39.7. The first-order chi connectivity index (χ1) is 32.1. The molecule has 12 rings (SSSR count). The lowest BCUT2D eigenvalue weighted by atomic mass is 9.82. The van der Waals surface area contributed by atoms with Crippen LogP contribution in [0.15, 0.2) is 206 Å². The number of nitrogens with zero attached hydrogens (tertiary/aromatic N) is 5. The fourth-order valence-electron chi connectivity index (χ4n) is 10.7. The SMILES string of the molecule is CC(C)(C)c1ccnc(-n2c3ccccc3c3ccc(N(c4ccccc4)c4cccc(N5CN(c6c(-c7ccccc7)ccc7c6-c6ccccc6C7(C)C)c6ccccc65)c4)cc32)c1. The van der Waals surface area contributed by atoms with E-state index in [-0.39, 0.29) is 10.8 Å². The van der Waals surface area contributed by atoms with Gasteiger partial charge in [0.05, 0.1) is 28.1 Å². The molecule has 0 radical (unpaired) electrons. The van der Waals surface area contributed by atoms with Gasteiger partial charge in [-0.1, -0.05) is 162 Å². The smallest absolute Gasteiger partial charge is 0.137 e. The number of rotatable bonds is 7. The highest BCUT2D eigenvalue weighted by molar-refractivity contribution is 6.10. The van der Waals surface area contributed by atoms with E-state index in [0.29, 0.717) is 6.67 Å². The summed E-state index contributed by atoms with van der Waals surface area (Å²) in [7, 11) is 0. The van der Waals surface area contributed by atoms with Crippen LogP contribution in [0.3, 0.4) is 0 Å². The molecular weight excluding hydrogens is 803 g/mol. The summed E-state index contributed by atoms with van der Waals surface area (Å²) >= 11 is 0. The molecule has 0 saturated heterocycles. The standard InChI is InChI=1S/C61H51N5/c1-60(2,3)42-35-36-62-57(37-42)66-53-28-15-13-25-48(53)49-32-31-46(39-56(49)66)65(43-21-10-7-11-22-43)45-24-18-23-44(38-45)63-40-64(55-30-17-16-29-54(55)63)59-47(41-19-8-6-9-20-41)33-34-52-58(59)50-26-12-14-27-51(50)61(52,4)5/h6-39H,40H2,1-5H3. The first-order valence-electron chi connectivity index (χ1n) is 23.1. The number of fused-ring (bicyclic) bond motifs is 7. The Morgan fingerprint density at radius 3 is 1.98 bits per heavy atom. The van der Waals surface area contributed by atoms with Gasteiger partial charge in [-0.05, 0) is 106 Å². The Balaban J connectivity index is 1.01. The van der Waals surface area contributed by atoms with Gasteiger partial charge in [0.15, 0.2) is 0 Å². The fraction of sp³-hybridized carbons (Fsp3) is 0.131. The van der Waals surface area contributed by atoms with Gasteiger partial charge in [0.1, 0.15) is 12.5 Å². The minimum Gasteiger partial charge on any atom is -0.321 e. The van der Waals surface area contributed by atoms with Gasteiger partial charge in [0.25, 0.3) is 0 Å². The normalized spacial score (nSPS) is 13.8. The van der Waals surface area contributed by atoms with E-state index in [1.54, 1.807) is 0 Å². The molecule has 320 valence electrons. The van der Waals surface area contributed by atoms with E-state index in [0.717, 1.165) is 39.6 Å². The number of pyridine rings is 1. The van der Waals surface area contributed by atoms with E-state index >= 15 is 0 Å². The Labute approximate surface area is 387 Å². The summed E-state index contributed by atoms with van der Waals surface area (Å²) in [6, 6.07) is 73.3. The van der Waals surface area contributed by atoms with Gasteiger partial charge in [-0.2, -0.15) is 0 Å². The third-order valence-corrected chi connectivity index (χ3v) is 14.0. The number of hydrogen-bond acceptors (Lipinski definition) is 4. The molecule has 2 aliphatic rings. The van der Waals surface area contributed by atoms with Crippen LogP contribution in [-0.2, 0) is 10.8 Å². The molecule has 3 heterocycles. The van der Waals surface area contributed by atoms with Crippen LogP contribution in [-0.4, -0.2) is 16.2 Å². The molecule has 1 aliphatic heterocycles. The number of aromatic nitrogens is 2. The zero-order chi connectivity index (χ0) is 44.7. The summed E-state index contributed by atoms with van der Waals surface area (Å²) in [6.45, 7) is 12.2. The van der Waals surface area contributed by atoms with Crippen molar-refractivity contribution in [1.82, 2.24) is 9.55 Å². The van der Waals surface area contributed by atoms with Crippen LogP contribution in [0.25, 0.3) is 49.9 Å². The Bertz CT molecular complexity index is 3490. The maximum Gasteiger partial charge on any atom is 0.137 e. The predicted octanol–water partition coefficient (Wildman–Crippen LogP) is 16.2. The van der Waals surface area contributed by atoms with Crippen molar-refractivity contribution in [3.63, 3.8) is 0 Å². The molecular formula is C61H51N5. The molecule has 1 aliphatic carbocycles. The van der Waals surface area contributed by atoms with Crippen LogP contribution in [0.5, 0.6) is 0 Å². The second-order valence-electron chi connectivity index (χ2n) is 19.3. The van der Waals surface area contributed by atoms with E-state index in [4.69, 9.17) is 4.98 Å². The fourth-order valence-corrected chi connectivity index (χ4v) is 10.7. The first-order valence-corrected chi connectivity index (χ1v) is 23.1. The summed E-state index contributed by atoms with van der Waals surface area (Å²) in [4.78, 5) is 12.4. The number of benzene rings is 8. The van der Waals surface area contributed by atoms with Crippen LogP contribution >= 0.6 is 0 Å². The van der Waals surface area contributed by atoms with Crippen molar-refractivity contribution in [3.8, 4) is 28.1 Å².